The molecule has 2 aromatic carbocycles. The Kier molecular flexibility index (Phi) is 6.74. The Balaban J connectivity index is 2.11. The molecule has 2 amide bonds. The molecule has 1 atom stereocenters. The van der Waals surface area contributed by atoms with Crippen LogP contribution in [0.5, 0.6) is 11.5 Å². The van der Waals surface area contributed by atoms with Gasteiger partial charge in [0, 0.05) is 11.3 Å². The number of nitrogens with two attached hydrogens (primary N) is 1. The Hall–Kier alpha value is -3.92. The number of hydrazine groups is 1. The average Bonchev–Trinajstić information content (AvgIpc) is 2.76. The molecule has 0 aromatic heterocycles. The van der Waals surface area contributed by atoms with E-state index in [9.17, 15) is 19.7 Å². The number of Topliss-reactive ketones (excluding diaryl/α,β-unsaturated/α-hetero) is 1. The highest BCUT2D eigenvalue weighted by atomic mass is 16.6. The Morgan fingerprint density at radius 1 is 1.22 bits per heavy atom. The van der Waals surface area contributed by atoms with Crippen molar-refractivity contribution >= 4 is 17.5 Å². The Bertz CT molecular complexity index is 1080. The molecule has 0 fully saturated rings. The molecule has 32 heavy (non-hydrogen) atoms. The van der Waals surface area contributed by atoms with Crippen LogP contribution in [0.1, 0.15) is 37.9 Å². The number of carbonyl (C=O) groups excluding carboxylic acids is 2. The number of nitrogens with zero attached hydrogens (tertiary/aromatic N) is 2. The summed E-state index contributed by atoms with van der Waals surface area (Å²) in [7, 11) is 0. The maximum atomic E-state index is 12.3. The van der Waals surface area contributed by atoms with Crippen molar-refractivity contribution in [3.05, 3.63) is 75.0 Å². The molecule has 0 bridgehead atoms. The molecule has 1 aliphatic rings. The summed E-state index contributed by atoms with van der Waals surface area (Å²) in [6.07, 6.45) is 0. The molecule has 3 rings (SSSR count). The van der Waals surface area contributed by atoms with Gasteiger partial charge in [-0.25, -0.2) is 15.6 Å². The highest BCUT2D eigenvalue weighted by Crippen LogP contribution is 2.41. The lowest BCUT2D eigenvalue weighted by Gasteiger charge is -2.32. The molecule has 0 aliphatic carbocycles. The molecule has 1 heterocycles. The summed E-state index contributed by atoms with van der Waals surface area (Å²) in [4.78, 5) is 36.0. The van der Waals surface area contributed by atoms with Gasteiger partial charge in [0.15, 0.2) is 17.3 Å². The third kappa shape index (κ3) is 4.54. The number of amides is 2. The molecule has 0 saturated heterocycles. The second-order valence-corrected chi connectivity index (χ2v) is 7.13. The summed E-state index contributed by atoms with van der Waals surface area (Å²) in [5.74, 6) is 5.78. The number of ether oxygens (including phenoxy) is 2. The van der Waals surface area contributed by atoms with Crippen molar-refractivity contribution < 1.29 is 24.0 Å². The van der Waals surface area contributed by atoms with E-state index >= 15 is 0 Å². The molecule has 10 heteroatoms. The number of allylic oxidation sites excluding steroid dienone is 1. The molecular weight excluding hydrogens is 416 g/mol. The van der Waals surface area contributed by atoms with Crippen molar-refractivity contribution in [3.63, 3.8) is 0 Å². The Morgan fingerprint density at radius 2 is 1.88 bits per heavy atom. The fraction of sp³-hybridized carbons (Fsp3) is 0.273. The Labute approximate surface area is 184 Å². The lowest BCUT2D eigenvalue weighted by Crippen LogP contribution is -2.50. The van der Waals surface area contributed by atoms with Crippen molar-refractivity contribution in [2.75, 3.05) is 6.61 Å². The van der Waals surface area contributed by atoms with Crippen LogP contribution in [-0.4, -0.2) is 28.4 Å². The highest BCUT2D eigenvalue weighted by molar-refractivity contribution is 5.98. The number of benzene rings is 2. The summed E-state index contributed by atoms with van der Waals surface area (Å²) in [5.41, 5.74) is 1.01. The molecule has 2 aromatic rings. The van der Waals surface area contributed by atoms with Gasteiger partial charge >= 0.3 is 6.03 Å². The molecule has 1 aliphatic heterocycles. The van der Waals surface area contributed by atoms with E-state index in [0.29, 0.717) is 0 Å². The maximum absolute atomic E-state index is 12.3. The second kappa shape index (κ2) is 9.48. The summed E-state index contributed by atoms with van der Waals surface area (Å²) < 4.78 is 11.5. The van der Waals surface area contributed by atoms with Gasteiger partial charge in [-0.15, -0.1) is 0 Å². The van der Waals surface area contributed by atoms with Crippen molar-refractivity contribution in [1.29, 1.82) is 0 Å². The maximum Gasteiger partial charge on any atom is 0.336 e. The SMILES string of the molecule is CCOc1cc([C@H]2NC(=O)N(N)C(C)=C2C(C)=O)c([N+](=O)[O-])cc1OCc1ccccc1. The van der Waals surface area contributed by atoms with Crippen LogP contribution in [0.2, 0.25) is 0 Å². The highest BCUT2D eigenvalue weighted by Gasteiger charge is 2.37. The van der Waals surface area contributed by atoms with E-state index in [1.54, 1.807) is 6.92 Å². The summed E-state index contributed by atoms with van der Waals surface area (Å²) in [6, 6.07) is 10.2. The minimum Gasteiger partial charge on any atom is -0.490 e. The normalized spacial score (nSPS) is 15.9. The third-order valence-corrected chi connectivity index (χ3v) is 5.04. The zero-order chi connectivity index (χ0) is 23.4. The summed E-state index contributed by atoms with van der Waals surface area (Å²) in [6.45, 7) is 5.04. The van der Waals surface area contributed by atoms with E-state index in [0.717, 1.165) is 10.6 Å². The topological polar surface area (TPSA) is 137 Å². The van der Waals surface area contributed by atoms with Gasteiger partial charge < -0.3 is 14.8 Å². The number of carbonyl (C=O) groups is 2. The molecule has 10 nitrogen and oxygen atoms in total. The van der Waals surface area contributed by atoms with Crippen LogP contribution in [0, 0.1) is 10.1 Å². The summed E-state index contributed by atoms with van der Waals surface area (Å²) in [5, 5.41) is 15.3. The number of nitrogens with one attached hydrogen (secondary N) is 1. The number of hydrogen-bond donors (Lipinski definition) is 2. The fourth-order valence-corrected chi connectivity index (χ4v) is 3.52. The lowest BCUT2D eigenvalue weighted by atomic mass is 9.91. The number of hydrogen-bond acceptors (Lipinski definition) is 7. The van der Waals surface area contributed by atoms with Gasteiger partial charge in [-0.05, 0) is 32.4 Å². The first-order chi connectivity index (χ1) is 15.2. The molecule has 0 spiro atoms. The van der Waals surface area contributed by atoms with E-state index in [-0.39, 0.29) is 53.0 Å². The molecule has 168 valence electrons. The number of nitro benzene ring substituents is 1. The van der Waals surface area contributed by atoms with E-state index in [1.165, 1.54) is 26.0 Å². The van der Waals surface area contributed by atoms with Gasteiger partial charge in [0.05, 0.1) is 29.2 Å². The summed E-state index contributed by atoms with van der Waals surface area (Å²) >= 11 is 0. The third-order valence-electron chi connectivity index (χ3n) is 5.04. The molecule has 3 N–H and O–H groups in total. The van der Waals surface area contributed by atoms with Gasteiger partial charge in [0.2, 0.25) is 0 Å². The molecule has 0 saturated carbocycles. The van der Waals surface area contributed by atoms with Gasteiger partial charge in [-0.2, -0.15) is 0 Å². The predicted octanol–water partition coefficient (Wildman–Crippen LogP) is 3.38. The van der Waals surface area contributed by atoms with Crippen molar-refractivity contribution in [1.82, 2.24) is 10.3 Å². The smallest absolute Gasteiger partial charge is 0.336 e. The van der Waals surface area contributed by atoms with E-state index in [1.807, 2.05) is 30.3 Å². The molecule has 0 unspecified atom stereocenters. The Morgan fingerprint density at radius 3 is 2.47 bits per heavy atom. The van der Waals surface area contributed by atoms with Gasteiger partial charge in [-0.1, -0.05) is 30.3 Å². The van der Waals surface area contributed by atoms with E-state index in [2.05, 4.69) is 5.32 Å². The lowest BCUT2D eigenvalue weighted by molar-refractivity contribution is -0.385. The van der Waals surface area contributed by atoms with Crippen LogP contribution in [-0.2, 0) is 11.4 Å². The zero-order valence-electron chi connectivity index (χ0n) is 18.0. The van der Waals surface area contributed by atoms with E-state index < -0.39 is 17.0 Å². The van der Waals surface area contributed by atoms with Crippen LogP contribution in [0.15, 0.2) is 53.7 Å². The second-order valence-electron chi connectivity index (χ2n) is 7.13. The minimum atomic E-state index is -1.07. The fourth-order valence-electron chi connectivity index (χ4n) is 3.52. The van der Waals surface area contributed by atoms with E-state index in [4.69, 9.17) is 15.3 Å². The number of rotatable bonds is 8. The van der Waals surface area contributed by atoms with Crippen LogP contribution >= 0.6 is 0 Å². The monoisotopic (exact) mass is 440 g/mol. The van der Waals surface area contributed by atoms with Crippen LogP contribution in [0.25, 0.3) is 0 Å². The largest absolute Gasteiger partial charge is 0.490 e. The van der Waals surface area contributed by atoms with Crippen LogP contribution in [0.4, 0.5) is 10.5 Å². The van der Waals surface area contributed by atoms with Gasteiger partial charge in [-0.3, -0.25) is 14.9 Å². The first-order valence-electron chi connectivity index (χ1n) is 9.93. The van der Waals surface area contributed by atoms with Crippen molar-refractivity contribution in [2.45, 2.75) is 33.4 Å². The molecular formula is C22H24N4O6. The first-order valence-corrected chi connectivity index (χ1v) is 9.93. The van der Waals surface area contributed by atoms with Gasteiger partial charge in [0.1, 0.15) is 6.61 Å². The zero-order valence-corrected chi connectivity index (χ0v) is 18.0. The van der Waals surface area contributed by atoms with Crippen LogP contribution < -0.4 is 20.6 Å². The van der Waals surface area contributed by atoms with Gasteiger partial charge in [0.25, 0.3) is 5.69 Å². The minimum absolute atomic E-state index is 0.0940. The average molecular weight is 440 g/mol. The number of urea groups is 1. The number of ketones is 1. The standard InChI is InChI=1S/C22H24N4O6/c1-4-31-18-10-16(21-20(14(3)27)13(2)25(23)22(28)24-21)17(26(29)30)11-19(18)32-12-15-8-6-5-7-9-15/h5-11,21H,4,12,23H2,1-3H3,(H,24,28)/t21-/m1/s1. The van der Waals surface area contributed by atoms with Crippen molar-refractivity contribution in [3.8, 4) is 11.5 Å². The molecule has 0 radical (unpaired) electrons. The van der Waals surface area contributed by atoms with Crippen molar-refractivity contribution in [2.24, 2.45) is 5.84 Å². The first kappa shape index (κ1) is 22.8. The quantitative estimate of drug-likeness (QED) is 0.278. The predicted molar refractivity (Wildman–Crippen MR) is 116 cm³/mol. The number of nitro groups is 1. The van der Waals surface area contributed by atoms with Crippen LogP contribution in [0.3, 0.4) is 0 Å².